The van der Waals surface area contributed by atoms with Crippen LogP contribution in [-0.4, -0.2) is 14.1 Å². The molecule has 0 bridgehead atoms. The Bertz CT molecular complexity index is 206. The molecule has 0 aliphatic rings. The van der Waals surface area contributed by atoms with Crippen molar-refractivity contribution < 1.29 is 4.79 Å². The number of allylic oxidation sites excluding steroid dienone is 1. The molecule has 14 heavy (non-hydrogen) atoms. The zero-order valence-electron chi connectivity index (χ0n) is 10.1. The van der Waals surface area contributed by atoms with E-state index in [-0.39, 0.29) is 11.8 Å². The highest BCUT2D eigenvalue weighted by Crippen LogP contribution is 2.10. The van der Waals surface area contributed by atoms with Crippen LogP contribution in [-0.2, 0) is 4.79 Å². The Morgan fingerprint density at radius 3 is 2.36 bits per heavy atom. The molecule has 0 rings (SSSR count). The second kappa shape index (κ2) is 6.01. The van der Waals surface area contributed by atoms with Crippen LogP contribution in [0.3, 0.4) is 0 Å². The summed E-state index contributed by atoms with van der Waals surface area (Å²) in [5, 5.41) is 0. The first-order valence-corrected chi connectivity index (χ1v) is 8.85. The Labute approximate surface area is 88.9 Å². The van der Waals surface area contributed by atoms with Crippen molar-refractivity contribution in [3.8, 4) is 0 Å². The third-order valence-corrected chi connectivity index (χ3v) is 2.86. The Balaban J connectivity index is 4.29. The highest BCUT2D eigenvalue weighted by atomic mass is 28.3. The van der Waals surface area contributed by atoms with Gasteiger partial charge in [0.05, 0.1) is 5.92 Å². The second-order valence-electron chi connectivity index (χ2n) is 4.66. The van der Waals surface area contributed by atoms with E-state index in [0.717, 1.165) is 12.8 Å². The lowest BCUT2D eigenvalue weighted by Gasteiger charge is -2.21. The van der Waals surface area contributed by atoms with Gasteiger partial charge < -0.3 is 4.98 Å². The summed E-state index contributed by atoms with van der Waals surface area (Å²) in [5.74, 6) is 0.265. The molecule has 0 spiro atoms. The number of carbonyl (C=O) groups excluding carboxylic acids is 1. The molecular weight excluding hydrogens is 190 g/mol. The van der Waals surface area contributed by atoms with E-state index in [0.29, 0.717) is 0 Å². The predicted molar refractivity (Wildman–Crippen MR) is 64.7 cm³/mol. The SMILES string of the molecule is CC=CC(CCC)C(=O)N[Si](C)(C)C. The highest BCUT2D eigenvalue weighted by molar-refractivity contribution is 6.75. The maximum atomic E-state index is 11.8. The summed E-state index contributed by atoms with van der Waals surface area (Å²) in [6, 6.07) is 0. The minimum atomic E-state index is -1.47. The molecule has 1 atom stereocenters. The predicted octanol–water partition coefficient (Wildman–Crippen LogP) is 2.93. The lowest BCUT2D eigenvalue weighted by molar-refractivity contribution is -0.122. The minimum Gasteiger partial charge on any atom is -0.382 e. The lowest BCUT2D eigenvalue weighted by Crippen LogP contribution is -2.47. The fourth-order valence-corrected chi connectivity index (χ4v) is 2.24. The smallest absolute Gasteiger partial charge is 0.219 e. The second-order valence-corrected chi connectivity index (χ2v) is 9.41. The standard InChI is InChI=1S/C11H23NOSi/c1-6-8-10(9-7-2)11(13)12-14(3,4)5/h6,8,10H,7,9H2,1-5H3,(H,12,13). The molecule has 0 aliphatic heterocycles. The van der Waals surface area contributed by atoms with Gasteiger partial charge in [0.15, 0.2) is 0 Å². The topological polar surface area (TPSA) is 29.1 Å². The van der Waals surface area contributed by atoms with Crippen molar-refractivity contribution >= 4 is 14.1 Å². The van der Waals surface area contributed by atoms with E-state index < -0.39 is 8.24 Å². The van der Waals surface area contributed by atoms with Gasteiger partial charge in [0.1, 0.15) is 8.24 Å². The summed E-state index contributed by atoms with van der Waals surface area (Å²) in [5.41, 5.74) is 0. The van der Waals surface area contributed by atoms with E-state index in [1.165, 1.54) is 0 Å². The van der Waals surface area contributed by atoms with Crippen LogP contribution < -0.4 is 4.98 Å². The fourth-order valence-electron chi connectivity index (χ4n) is 1.32. The van der Waals surface area contributed by atoms with E-state index in [4.69, 9.17) is 0 Å². The van der Waals surface area contributed by atoms with Gasteiger partial charge in [-0.1, -0.05) is 45.1 Å². The molecule has 0 radical (unpaired) electrons. The molecule has 0 fully saturated rings. The monoisotopic (exact) mass is 213 g/mol. The molecule has 0 aromatic rings. The number of hydrogen-bond donors (Lipinski definition) is 1. The van der Waals surface area contributed by atoms with Crippen LogP contribution in [0.4, 0.5) is 0 Å². The van der Waals surface area contributed by atoms with Crippen LogP contribution >= 0.6 is 0 Å². The van der Waals surface area contributed by atoms with Crippen LogP contribution in [0.2, 0.25) is 19.6 Å². The third-order valence-electron chi connectivity index (χ3n) is 1.86. The van der Waals surface area contributed by atoms with Gasteiger partial charge in [0.2, 0.25) is 5.91 Å². The molecule has 2 nitrogen and oxygen atoms in total. The number of nitrogens with one attached hydrogen (secondary N) is 1. The molecule has 3 heteroatoms. The normalized spacial score (nSPS) is 14.4. The fraction of sp³-hybridized carbons (Fsp3) is 0.727. The van der Waals surface area contributed by atoms with E-state index in [1.54, 1.807) is 0 Å². The van der Waals surface area contributed by atoms with Crippen LogP contribution in [0.5, 0.6) is 0 Å². The average Bonchev–Trinajstić information content (AvgIpc) is 2.01. The quantitative estimate of drug-likeness (QED) is 0.552. The van der Waals surface area contributed by atoms with Gasteiger partial charge in [-0.25, -0.2) is 0 Å². The number of amides is 1. The summed E-state index contributed by atoms with van der Waals surface area (Å²) in [4.78, 5) is 14.9. The molecule has 0 heterocycles. The molecule has 1 N–H and O–H groups in total. The number of carbonyl (C=O) groups is 1. The summed E-state index contributed by atoms with van der Waals surface area (Å²) in [6.45, 7) is 10.5. The summed E-state index contributed by atoms with van der Waals surface area (Å²) >= 11 is 0. The van der Waals surface area contributed by atoms with E-state index in [1.807, 2.05) is 19.1 Å². The van der Waals surface area contributed by atoms with Crippen LogP contribution in [0, 0.1) is 5.92 Å². The highest BCUT2D eigenvalue weighted by Gasteiger charge is 2.21. The Hall–Kier alpha value is -0.573. The first kappa shape index (κ1) is 13.4. The van der Waals surface area contributed by atoms with Gasteiger partial charge in [-0.2, -0.15) is 0 Å². The van der Waals surface area contributed by atoms with E-state index in [2.05, 4.69) is 31.5 Å². The van der Waals surface area contributed by atoms with Gasteiger partial charge >= 0.3 is 0 Å². The maximum Gasteiger partial charge on any atom is 0.219 e. The zero-order chi connectivity index (χ0) is 11.2. The summed E-state index contributed by atoms with van der Waals surface area (Å²) < 4.78 is 0. The van der Waals surface area contributed by atoms with Crippen molar-refractivity contribution in [1.29, 1.82) is 0 Å². The lowest BCUT2D eigenvalue weighted by atomic mass is 10.0. The van der Waals surface area contributed by atoms with Gasteiger partial charge in [-0.3, -0.25) is 4.79 Å². The van der Waals surface area contributed by atoms with Crippen molar-refractivity contribution in [2.75, 3.05) is 0 Å². The van der Waals surface area contributed by atoms with Crippen LogP contribution in [0.15, 0.2) is 12.2 Å². The first-order chi connectivity index (χ1) is 6.40. The maximum absolute atomic E-state index is 11.8. The summed E-state index contributed by atoms with van der Waals surface area (Å²) in [7, 11) is -1.47. The van der Waals surface area contributed by atoms with Crippen molar-refractivity contribution in [2.45, 2.75) is 46.3 Å². The zero-order valence-corrected chi connectivity index (χ0v) is 11.1. The Morgan fingerprint density at radius 2 is 2.00 bits per heavy atom. The van der Waals surface area contributed by atoms with E-state index >= 15 is 0 Å². The van der Waals surface area contributed by atoms with Crippen LogP contribution in [0.1, 0.15) is 26.7 Å². The largest absolute Gasteiger partial charge is 0.382 e. The molecule has 82 valence electrons. The van der Waals surface area contributed by atoms with Gasteiger partial charge in [-0.15, -0.1) is 0 Å². The van der Waals surface area contributed by atoms with Crippen molar-refractivity contribution in [2.24, 2.45) is 5.92 Å². The van der Waals surface area contributed by atoms with Gasteiger partial charge in [0.25, 0.3) is 0 Å². The van der Waals surface area contributed by atoms with Crippen molar-refractivity contribution in [1.82, 2.24) is 4.98 Å². The van der Waals surface area contributed by atoms with Crippen LogP contribution in [0.25, 0.3) is 0 Å². The van der Waals surface area contributed by atoms with Gasteiger partial charge in [-0.05, 0) is 13.3 Å². The molecular formula is C11H23NOSi. The molecule has 0 aliphatic carbocycles. The number of rotatable bonds is 5. The van der Waals surface area contributed by atoms with Crippen molar-refractivity contribution in [3.63, 3.8) is 0 Å². The molecule has 0 aromatic carbocycles. The average molecular weight is 213 g/mol. The first-order valence-electron chi connectivity index (χ1n) is 5.35. The third kappa shape index (κ3) is 5.97. The molecule has 0 saturated carbocycles. The van der Waals surface area contributed by atoms with Crippen molar-refractivity contribution in [3.05, 3.63) is 12.2 Å². The Morgan fingerprint density at radius 1 is 1.43 bits per heavy atom. The Kier molecular flexibility index (Phi) is 5.77. The number of hydrogen-bond acceptors (Lipinski definition) is 1. The molecule has 0 aromatic heterocycles. The molecule has 0 saturated heterocycles. The van der Waals surface area contributed by atoms with Gasteiger partial charge in [0, 0.05) is 0 Å². The minimum absolute atomic E-state index is 0.0664. The molecule has 1 unspecified atom stereocenters. The summed E-state index contributed by atoms with van der Waals surface area (Å²) in [6.07, 6.45) is 5.96. The van der Waals surface area contributed by atoms with E-state index in [9.17, 15) is 4.79 Å². The molecule has 1 amide bonds.